The lowest BCUT2D eigenvalue weighted by atomic mass is 10.0. The summed E-state index contributed by atoms with van der Waals surface area (Å²) in [7, 11) is 0. The molecule has 5 heteroatoms. The zero-order valence-corrected chi connectivity index (χ0v) is 14.0. The average molecular weight is 317 g/mol. The summed E-state index contributed by atoms with van der Waals surface area (Å²) in [6.45, 7) is 5.16. The molecule has 1 saturated heterocycles. The van der Waals surface area contributed by atoms with Crippen molar-refractivity contribution in [2.75, 3.05) is 13.1 Å². The summed E-state index contributed by atoms with van der Waals surface area (Å²) in [5.74, 6) is -0.468. The summed E-state index contributed by atoms with van der Waals surface area (Å²) in [6, 6.07) is 9.02. The summed E-state index contributed by atoms with van der Waals surface area (Å²) in [6.07, 6.45) is 2.58. The van der Waals surface area contributed by atoms with E-state index in [9.17, 15) is 9.59 Å². The molecular formula is C18H27N3O2. The van der Waals surface area contributed by atoms with E-state index in [1.165, 1.54) is 0 Å². The Bertz CT molecular complexity index is 524. The highest BCUT2D eigenvalue weighted by Crippen LogP contribution is 2.13. The van der Waals surface area contributed by atoms with Crippen molar-refractivity contribution in [1.82, 2.24) is 10.2 Å². The van der Waals surface area contributed by atoms with Gasteiger partial charge in [0.05, 0.1) is 0 Å². The van der Waals surface area contributed by atoms with Crippen molar-refractivity contribution in [2.45, 2.75) is 45.2 Å². The molecule has 1 fully saturated rings. The molecule has 0 radical (unpaired) electrons. The van der Waals surface area contributed by atoms with Crippen LogP contribution in [-0.2, 0) is 16.0 Å². The highest BCUT2D eigenvalue weighted by atomic mass is 16.2. The Hall–Kier alpha value is -1.88. The predicted octanol–water partition coefficient (Wildman–Crippen LogP) is 1.32. The van der Waals surface area contributed by atoms with Crippen LogP contribution in [0, 0.1) is 5.92 Å². The van der Waals surface area contributed by atoms with E-state index in [1.807, 2.05) is 35.2 Å². The topological polar surface area (TPSA) is 75.4 Å². The first-order chi connectivity index (χ1) is 11.0. The number of nitrogens with zero attached hydrogens (tertiary/aromatic N) is 1. The Labute approximate surface area is 138 Å². The maximum Gasteiger partial charge on any atom is 0.245 e. The Morgan fingerprint density at radius 2 is 1.78 bits per heavy atom. The van der Waals surface area contributed by atoms with Gasteiger partial charge in [-0.3, -0.25) is 9.59 Å². The molecule has 1 aliphatic heterocycles. The minimum Gasteiger partial charge on any atom is -0.344 e. The lowest BCUT2D eigenvalue weighted by molar-refractivity contribution is -0.136. The van der Waals surface area contributed by atoms with Crippen LogP contribution in [0.5, 0.6) is 0 Å². The van der Waals surface area contributed by atoms with Crippen molar-refractivity contribution in [3.63, 3.8) is 0 Å². The van der Waals surface area contributed by atoms with E-state index in [0.29, 0.717) is 6.42 Å². The zero-order chi connectivity index (χ0) is 16.8. The summed E-state index contributed by atoms with van der Waals surface area (Å²) in [5, 5.41) is 2.91. The molecule has 23 heavy (non-hydrogen) atoms. The van der Waals surface area contributed by atoms with Crippen molar-refractivity contribution in [2.24, 2.45) is 11.7 Å². The van der Waals surface area contributed by atoms with Gasteiger partial charge in [0.15, 0.2) is 0 Å². The van der Waals surface area contributed by atoms with Gasteiger partial charge >= 0.3 is 0 Å². The lowest BCUT2D eigenvalue weighted by Crippen LogP contribution is -2.51. The number of likely N-dealkylation sites (tertiary alicyclic amines) is 1. The standard InChI is InChI=1S/C18H27N3O2/c1-13(14(2)19)17(22)20-16(12-15-8-4-3-5-9-15)18(23)21-10-6-7-11-21/h3-5,8-9,13-14,16H,6-7,10-12,19H2,1-2H3,(H,20,22). The number of hydrogen-bond acceptors (Lipinski definition) is 3. The highest BCUT2D eigenvalue weighted by molar-refractivity contribution is 5.89. The van der Waals surface area contributed by atoms with Crippen LogP contribution in [0.2, 0.25) is 0 Å². The van der Waals surface area contributed by atoms with Gasteiger partial charge in [-0.05, 0) is 25.3 Å². The third-order valence-corrected chi connectivity index (χ3v) is 4.52. The second-order valence-electron chi connectivity index (χ2n) is 6.43. The fourth-order valence-electron chi connectivity index (χ4n) is 2.75. The summed E-state index contributed by atoms with van der Waals surface area (Å²) in [5.41, 5.74) is 6.85. The van der Waals surface area contributed by atoms with Gasteiger partial charge < -0.3 is 16.0 Å². The zero-order valence-electron chi connectivity index (χ0n) is 14.0. The Kier molecular flexibility index (Phi) is 6.16. The van der Waals surface area contributed by atoms with Crippen LogP contribution >= 0.6 is 0 Å². The molecular weight excluding hydrogens is 290 g/mol. The second-order valence-corrected chi connectivity index (χ2v) is 6.43. The first-order valence-corrected chi connectivity index (χ1v) is 8.37. The number of benzene rings is 1. The van der Waals surface area contributed by atoms with Crippen LogP contribution in [0.4, 0.5) is 0 Å². The van der Waals surface area contributed by atoms with Crippen molar-refractivity contribution in [3.05, 3.63) is 35.9 Å². The molecule has 0 saturated carbocycles. The molecule has 0 aromatic heterocycles. The number of rotatable bonds is 6. The number of nitrogens with one attached hydrogen (secondary N) is 1. The summed E-state index contributed by atoms with van der Waals surface area (Å²) in [4.78, 5) is 27.0. The molecule has 0 spiro atoms. The fraction of sp³-hybridized carbons (Fsp3) is 0.556. The molecule has 1 heterocycles. The van der Waals surface area contributed by atoms with Crippen molar-refractivity contribution < 1.29 is 9.59 Å². The van der Waals surface area contributed by atoms with Crippen LogP contribution in [0.25, 0.3) is 0 Å². The van der Waals surface area contributed by atoms with E-state index in [1.54, 1.807) is 13.8 Å². The molecule has 0 aliphatic carbocycles. The quantitative estimate of drug-likeness (QED) is 0.831. The Balaban J connectivity index is 2.10. The third-order valence-electron chi connectivity index (χ3n) is 4.52. The first-order valence-electron chi connectivity index (χ1n) is 8.37. The Morgan fingerprint density at radius 3 is 2.35 bits per heavy atom. The predicted molar refractivity (Wildman–Crippen MR) is 90.7 cm³/mol. The highest BCUT2D eigenvalue weighted by Gasteiger charge is 2.29. The number of nitrogens with two attached hydrogens (primary N) is 1. The third kappa shape index (κ3) is 4.79. The molecule has 3 unspecified atom stereocenters. The molecule has 2 rings (SSSR count). The molecule has 3 N–H and O–H groups in total. The van der Waals surface area contributed by atoms with E-state index >= 15 is 0 Å². The van der Waals surface area contributed by atoms with Gasteiger partial charge in [-0.25, -0.2) is 0 Å². The van der Waals surface area contributed by atoms with Crippen LogP contribution in [-0.4, -0.2) is 41.9 Å². The SMILES string of the molecule is CC(N)C(C)C(=O)NC(Cc1ccccc1)C(=O)N1CCCC1. The van der Waals surface area contributed by atoms with E-state index in [2.05, 4.69) is 5.32 Å². The number of hydrogen-bond donors (Lipinski definition) is 2. The van der Waals surface area contributed by atoms with Gasteiger partial charge in [-0.15, -0.1) is 0 Å². The normalized spacial score (nSPS) is 18.3. The molecule has 126 valence electrons. The van der Waals surface area contributed by atoms with Crippen molar-refractivity contribution in [1.29, 1.82) is 0 Å². The van der Waals surface area contributed by atoms with Gasteiger partial charge in [-0.2, -0.15) is 0 Å². The molecule has 1 aromatic carbocycles. The molecule has 1 aliphatic rings. The molecule has 1 aromatic rings. The number of amides is 2. The van der Waals surface area contributed by atoms with Gasteiger partial charge in [0, 0.05) is 31.5 Å². The van der Waals surface area contributed by atoms with E-state index in [0.717, 1.165) is 31.5 Å². The van der Waals surface area contributed by atoms with Crippen LogP contribution in [0.3, 0.4) is 0 Å². The molecule has 0 bridgehead atoms. The number of carbonyl (C=O) groups excluding carboxylic acids is 2. The maximum atomic E-state index is 12.8. The lowest BCUT2D eigenvalue weighted by Gasteiger charge is -2.26. The van der Waals surface area contributed by atoms with E-state index in [-0.39, 0.29) is 23.8 Å². The van der Waals surface area contributed by atoms with E-state index < -0.39 is 6.04 Å². The van der Waals surface area contributed by atoms with Gasteiger partial charge in [0.2, 0.25) is 11.8 Å². The number of carbonyl (C=O) groups is 2. The summed E-state index contributed by atoms with van der Waals surface area (Å²) < 4.78 is 0. The first kappa shape index (κ1) is 17.5. The minimum atomic E-state index is -0.524. The maximum absolute atomic E-state index is 12.8. The summed E-state index contributed by atoms with van der Waals surface area (Å²) >= 11 is 0. The van der Waals surface area contributed by atoms with Crippen molar-refractivity contribution in [3.8, 4) is 0 Å². The van der Waals surface area contributed by atoms with Crippen LogP contribution in [0.1, 0.15) is 32.3 Å². The van der Waals surface area contributed by atoms with Crippen molar-refractivity contribution >= 4 is 11.8 Å². The van der Waals surface area contributed by atoms with Gasteiger partial charge in [0.1, 0.15) is 6.04 Å². The molecule has 2 amide bonds. The molecule has 3 atom stereocenters. The Morgan fingerprint density at radius 1 is 1.17 bits per heavy atom. The molecule has 5 nitrogen and oxygen atoms in total. The largest absolute Gasteiger partial charge is 0.344 e. The monoisotopic (exact) mass is 317 g/mol. The average Bonchev–Trinajstić information content (AvgIpc) is 3.08. The van der Waals surface area contributed by atoms with Crippen LogP contribution < -0.4 is 11.1 Å². The van der Waals surface area contributed by atoms with Gasteiger partial charge in [0.25, 0.3) is 0 Å². The van der Waals surface area contributed by atoms with E-state index in [4.69, 9.17) is 5.73 Å². The minimum absolute atomic E-state index is 0.0107. The van der Waals surface area contributed by atoms with Crippen LogP contribution in [0.15, 0.2) is 30.3 Å². The van der Waals surface area contributed by atoms with Gasteiger partial charge in [-0.1, -0.05) is 37.3 Å². The smallest absolute Gasteiger partial charge is 0.245 e. The fourth-order valence-corrected chi connectivity index (χ4v) is 2.75. The second kappa shape index (κ2) is 8.11.